The lowest BCUT2D eigenvalue weighted by atomic mass is 10.1. The average Bonchev–Trinajstić information content (AvgIpc) is 3.11. The first kappa shape index (κ1) is 18.4. The lowest BCUT2D eigenvalue weighted by Crippen LogP contribution is -1.93. The topological polar surface area (TPSA) is 102 Å². The first-order valence-corrected chi connectivity index (χ1v) is 8.90. The number of aromatic nitrogens is 1. The maximum absolute atomic E-state index is 11.1. The van der Waals surface area contributed by atoms with E-state index in [4.69, 9.17) is 4.42 Å². The van der Waals surface area contributed by atoms with Crippen molar-refractivity contribution >= 4 is 28.7 Å². The van der Waals surface area contributed by atoms with Crippen molar-refractivity contribution in [3.8, 4) is 17.2 Å². The third kappa shape index (κ3) is 3.70. The van der Waals surface area contributed by atoms with E-state index in [-0.39, 0.29) is 11.3 Å². The lowest BCUT2D eigenvalue weighted by Gasteiger charge is -2.03. The molecule has 144 valence electrons. The number of aryl methyl sites for hydroxylation is 2. The normalized spacial score (nSPS) is 11.4. The van der Waals surface area contributed by atoms with Crippen molar-refractivity contribution in [2.45, 2.75) is 13.8 Å². The van der Waals surface area contributed by atoms with Crippen molar-refractivity contribution in [1.82, 2.24) is 4.98 Å². The molecule has 0 unspecified atom stereocenters. The molecule has 7 heteroatoms. The van der Waals surface area contributed by atoms with Gasteiger partial charge >= 0.3 is 5.69 Å². The number of oxazole rings is 1. The maximum Gasteiger partial charge on any atom is 0.311 e. The number of rotatable bonds is 4. The molecular weight excluding hydrogens is 370 g/mol. The molecule has 0 aliphatic carbocycles. The fourth-order valence-corrected chi connectivity index (χ4v) is 3.05. The summed E-state index contributed by atoms with van der Waals surface area (Å²) in [6.45, 7) is 3.72. The lowest BCUT2D eigenvalue weighted by molar-refractivity contribution is -0.385. The molecule has 29 heavy (non-hydrogen) atoms. The molecule has 0 aliphatic heterocycles. The van der Waals surface area contributed by atoms with Gasteiger partial charge in [-0.05, 0) is 61.4 Å². The summed E-state index contributed by atoms with van der Waals surface area (Å²) in [6.07, 6.45) is 1.41. The van der Waals surface area contributed by atoms with E-state index < -0.39 is 10.7 Å². The van der Waals surface area contributed by atoms with Gasteiger partial charge in [-0.1, -0.05) is 12.1 Å². The highest BCUT2D eigenvalue weighted by atomic mass is 16.6. The number of nitro benzene ring substituents is 1. The highest BCUT2D eigenvalue weighted by Crippen LogP contribution is 2.31. The number of phenolic OH excluding ortho intramolecular Hbond substituents is 1. The van der Waals surface area contributed by atoms with Crippen LogP contribution >= 0.6 is 0 Å². The average molecular weight is 387 g/mol. The maximum atomic E-state index is 11.1. The molecule has 4 rings (SSSR count). The van der Waals surface area contributed by atoms with Crippen LogP contribution in [0, 0.1) is 24.0 Å². The van der Waals surface area contributed by atoms with Crippen LogP contribution < -0.4 is 0 Å². The minimum absolute atomic E-state index is 0.277. The van der Waals surface area contributed by atoms with Crippen LogP contribution in [0.4, 0.5) is 11.4 Å². The number of fused-ring (bicyclic) bond motifs is 1. The van der Waals surface area contributed by atoms with Gasteiger partial charge in [0.2, 0.25) is 11.6 Å². The number of hydrogen-bond acceptors (Lipinski definition) is 6. The monoisotopic (exact) mass is 387 g/mol. The van der Waals surface area contributed by atoms with Gasteiger partial charge in [0.05, 0.1) is 10.6 Å². The van der Waals surface area contributed by atoms with E-state index in [1.165, 1.54) is 12.3 Å². The Hall–Kier alpha value is -4.00. The Labute approximate surface area is 166 Å². The fourth-order valence-electron chi connectivity index (χ4n) is 3.05. The van der Waals surface area contributed by atoms with Gasteiger partial charge in [0.1, 0.15) is 5.52 Å². The molecule has 0 saturated heterocycles. The first-order valence-electron chi connectivity index (χ1n) is 8.90. The van der Waals surface area contributed by atoms with Gasteiger partial charge in [-0.15, -0.1) is 0 Å². The Bertz CT molecular complexity index is 1270. The highest BCUT2D eigenvalue weighted by molar-refractivity contribution is 5.88. The van der Waals surface area contributed by atoms with E-state index in [2.05, 4.69) is 9.98 Å². The van der Waals surface area contributed by atoms with Crippen LogP contribution in [0.15, 0.2) is 64.0 Å². The van der Waals surface area contributed by atoms with Crippen LogP contribution in [0.1, 0.15) is 16.7 Å². The summed E-state index contributed by atoms with van der Waals surface area (Å²) >= 11 is 0. The molecule has 1 heterocycles. The van der Waals surface area contributed by atoms with Gasteiger partial charge in [0, 0.05) is 23.4 Å². The quantitative estimate of drug-likeness (QED) is 0.284. The van der Waals surface area contributed by atoms with Gasteiger partial charge in [0.25, 0.3) is 0 Å². The van der Waals surface area contributed by atoms with Crippen molar-refractivity contribution in [1.29, 1.82) is 0 Å². The summed E-state index contributed by atoms with van der Waals surface area (Å²) in [5.74, 6) is 0.0755. The Kier molecular flexibility index (Phi) is 4.56. The summed E-state index contributed by atoms with van der Waals surface area (Å²) in [5.41, 5.74) is 4.54. The van der Waals surface area contributed by atoms with Crippen molar-refractivity contribution in [3.05, 3.63) is 81.4 Å². The molecule has 0 atom stereocenters. The zero-order valence-electron chi connectivity index (χ0n) is 15.8. The number of aliphatic imine (C=N–C) groups is 1. The summed E-state index contributed by atoms with van der Waals surface area (Å²) in [7, 11) is 0. The fraction of sp³-hybridized carbons (Fsp3) is 0.0909. The number of phenols is 1. The van der Waals surface area contributed by atoms with Gasteiger partial charge < -0.3 is 9.52 Å². The molecule has 4 aromatic rings. The zero-order chi connectivity index (χ0) is 20.5. The zero-order valence-corrected chi connectivity index (χ0v) is 15.8. The van der Waals surface area contributed by atoms with Crippen LogP contribution in [0.25, 0.3) is 22.6 Å². The molecule has 0 amide bonds. The number of benzene rings is 3. The molecule has 0 radical (unpaired) electrons. The predicted octanol–water partition coefficient (Wildman–Crippen LogP) is 5.48. The number of hydrogen-bond donors (Lipinski definition) is 1. The standard InChI is InChI=1S/C22H17N3O4/c1-13-6-7-20-18(9-13)24-22(29-20)15-4-3-5-17(11-15)23-12-16-8-14(2)10-19(21(16)26)25(27)28/h3-12,26H,1-2H3. The summed E-state index contributed by atoms with van der Waals surface area (Å²) in [5, 5.41) is 21.2. The Balaban J connectivity index is 1.68. The smallest absolute Gasteiger partial charge is 0.311 e. The van der Waals surface area contributed by atoms with Crippen molar-refractivity contribution in [2.24, 2.45) is 4.99 Å². The molecule has 1 aromatic heterocycles. The van der Waals surface area contributed by atoms with Gasteiger partial charge in [-0.3, -0.25) is 15.1 Å². The van der Waals surface area contributed by atoms with Crippen molar-refractivity contribution < 1.29 is 14.4 Å². The second-order valence-electron chi connectivity index (χ2n) is 6.78. The van der Waals surface area contributed by atoms with Gasteiger partial charge in [-0.25, -0.2) is 4.98 Å². The SMILES string of the molecule is Cc1cc(C=Nc2cccc(-c3nc4cc(C)ccc4o3)c2)c(O)c([N+](=O)[O-])c1. The molecule has 0 bridgehead atoms. The molecule has 0 saturated carbocycles. The van der Waals surface area contributed by atoms with Crippen molar-refractivity contribution in [2.75, 3.05) is 0 Å². The predicted molar refractivity (Wildman–Crippen MR) is 111 cm³/mol. The third-order valence-electron chi connectivity index (χ3n) is 4.45. The van der Waals surface area contributed by atoms with Gasteiger partial charge in [-0.2, -0.15) is 0 Å². The molecule has 1 N–H and O–H groups in total. The molecule has 0 spiro atoms. The van der Waals surface area contributed by atoms with E-state index in [0.717, 1.165) is 16.6 Å². The second-order valence-corrected chi connectivity index (χ2v) is 6.78. The van der Waals surface area contributed by atoms with E-state index in [1.54, 1.807) is 25.1 Å². The Morgan fingerprint density at radius 1 is 1.10 bits per heavy atom. The second kappa shape index (κ2) is 7.20. The Morgan fingerprint density at radius 2 is 1.93 bits per heavy atom. The van der Waals surface area contributed by atoms with Crippen LogP contribution in [0.3, 0.4) is 0 Å². The van der Waals surface area contributed by atoms with Crippen LogP contribution in [0.5, 0.6) is 5.75 Å². The molecule has 7 nitrogen and oxygen atoms in total. The van der Waals surface area contributed by atoms with E-state index in [1.807, 2.05) is 37.3 Å². The van der Waals surface area contributed by atoms with E-state index in [9.17, 15) is 15.2 Å². The van der Waals surface area contributed by atoms with Crippen molar-refractivity contribution in [3.63, 3.8) is 0 Å². The first-order chi connectivity index (χ1) is 13.9. The minimum Gasteiger partial charge on any atom is -0.502 e. The molecular formula is C22H17N3O4. The summed E-state index contributed by atoms with van der Waals surface area (Å²) < 4.78 is 5.83. The molecule has 0 aliphatic rings. The van der Waals surface area contributed by atoms with Crippen LogP contribution in [0.2, 0.25) is 0 Å². The minimum atomic E-state index is -0.616. The van der Waals surface area contributed by atoms with E-state index in [0.29, 0.717) is 22.7 Å². The van der Waals surface area contributed by atoms with Crippen LogP contribution in [-0.4, -0.2) is 21.2 Å². The number of nitrogens with zero attached hydrogens (tertiary/aromatic N) is 3. The summed E-state index contributed by atoms with van der Waals surface area (Å²) in [4.78, 5) is 19.3. The number of aromatic hydroxyl groups is 1. The highest BCUT2D eigenvalue weighted by Gasteiger charge is 2.17. The van der Waals surface area contributed by atoms with Gasteiger partial charge in [0.15, 0.2) is 5.58 Å². The van der Waals surface area contributed by atoms with E-state index >= 15 is 0 Å². The third-order valence-corrected chi connectivity index (χ3v) is 4.45. The molecule has 3 aromatic carbocycles. The largest absolute Gasteiger partial charge is 0.502 e. The molecule has 0 fully saturated rings. The summed E-state index contributed by atoms with van der Waals surface area (Å²) in [6, 6.07) is 16.0. The Morgan fingerprint density at radius 3 is 2.72 bits per heavy atom. The van der Waals surface area contributed by atoms with Crippen LogP contribution in [-0.2, 0) is 0 Å². The number of nitro groups is 1.